The second-order valence-corrected chi connectivity index (χ2v) is 6.07. The number of hydrogen-bond donors (Lipinski definition) is 1. The van der Waals surface area contributed by atoms with Gasteiger partial charge in [0.15, 0.2) is 0 Å². The van der Waals surface area contributed by atoms with Crippen molar-refractivity contribution in [2.45, 2.75) is 78.7 Å². The highest BCUT2D eigenvalue weighted by molar-refractivity contribution is 4.90. The standard InChI is InChI=1S/C15H31N/c1-5-13(3)12-14(16-6-2)15(4)10-8-7-9-11-15/h13-14,16H,5-12H2,1-4H3. The van der Waals surface area contributed by atoms with Crippen molar-refractivity contribution >= 4 is 0 Å². The monoisotopic (exact) mass is 225 g/mol. The van der Waals surface area contributed by atoms with Crippen molar-refractivity contribution in [2.75, 3.05) is 6.54 Å². The van der Waals surface area contributed by atoms with E-state index >= 15 is 0 Å². The molecule has 1 aliphatic carbocycles. The van der Waals surface area contributed by atoms with Crippen LogP contribution in [0.1, 0.15) is 72.6 Å². The van der Waals surface area contributed by atoms with Gasteiger partial charge < -0.3 is 5.32 Å². The number of nitrogens with one attached hydrogen (secondary N) is 1. The van der Waals surface area contributed by atoms with Gasteiger partial charge in [0.2, 0.25) is 0 Å². The Morgan fingerprint density at radius 1 is 1.12 bits per heavy atom. The smallest absolute Gasteiger partial charge is 0.0123 e. The quantitative estimate of drug-likeness (QED) is 0.708. The Bertz CT molecular complexity index is 182. The van der Waals surface area contributed by atoms with Gasteiger partial charge in [-0.2, -0.15) is 0 Å². The van der Waals surface area contributed by atoms with E-state index in [9.17, 15) is 0 Å². The molecule has 2 atom stereocenters. The van der Waals surface area contributed by atoms with Gasteiger partial charge in [0.1, 0.15) is 0 Å². The molecule has 0 amide bonds. The summed E-state index contributed by atoms with van der Waals surface area (Å²) >= 11 is 0. The predicted molar refractivity (Wildman–Crippen MR) is 72.7 cm³/mol. The third-order valence-corrected chi connectivity index (χ3v) is 4.62. The van der Waals surface area contributed by atoms with E-state index in [0.717, 1.165) is 18.5 Å². The third-order valence-electron chi connectivity index (χ3n) is 4.62. The fourth-order valence-electron chi connectivity index (χ4n) is 3.14. The summed E-state index contributed by atoms with van der Waals surface area (Å²) in [6.45, 7) is 10.6. The zero-order chi connectivity index (χ0) is 12.0. The van der Waals surface area contributed by atoms with E-state index in [-0.39, 0.29) is 0 Å². The summed E-state index contributed by atoms with van der Waals surface area (Å²) in [5.74, 6) is 0.864. The molecule has 1 fully saturated rings. The maximum absolute atomic E-state index is 3.76. The van der Waals surface area contributed by atoms with Crippen LogP contribution in [0.25, 0.3) is 0 Å². The molecule has 1 aliphatic rings. The Hall–Kier alpha value is -0.0400. The van der Waals surface area contributed by atoms with Crippen LogP contribution in [-0.2, 0) is 0 Å². The van der Waals surface area contributed by atoms with Crippen LogP contribution in [0.4, 0.5) is 0 Å². The maximum atomic E-state index is 3.76. The normalized spacial score (nSPS) is 24.0. The maximum Gasteiger partial charge on any atom is 0.0123 e. The first-order valence-electron chi connectivity index (χ1n) is 7.35. The van der Waals surface area contributed by atoms with Crippen LogP contribution in [-0.4, -0.2) is 12.6 Å². The van der Waals surface area contributed by atoms with Crippen LogP contribution in [0.5, 0.6) is 0 Å². The molecule has 0 aromatic rings. The summed E-state index contributed by atoms with van der Waals surface area (Å²) < 4.78 is 0. The molecule has 1 N–H and O–H groups in total. The van der Waals surface area contributed by atoms with Gasteiger partial charge >= 0.3 is 0 Å². The lowest BCUT2D eigenvalue weighted by Crippen LogP contribution is -2.45. The Morgan fingerprint density at radius 2 is 1.75 bits per heavy atom. The Labute approximate surface area is 102 Å². The van der Waals surface area contributed by atoms with Crippen molar-refractivity contribution in [3.05, 3.63) is 0 Å². The van der Waals surface area contributed by atoms with E-state index < -0.39 is 0 Å². The molecule has 16 heavy (non-hydrogen) atoms. The molecule has 0 aliphatic heterocycles. The van der Waals surface area contributed by atoms with E-state index in [4.69, 9.17) is 0 Å². The first kappa shape index (κ1) is 14.0. The second-order valence-electron chi connectivity index (χ2n) is 6.07. The van der Waals surface area contributed by atoms with Crippen LogP contribution in [0, 0.1) is 11.3 Å². The molecule has 0 aromatic carbocycles. The molecular formula is C15H31N. The van der Waals surface area contributed by atoms with Gasteiger partial charge in [-0.1, -0.05) is 53.4 Å². The molecule has 0 radical (unpaired) electrons. The average molecular weight is 225 g/mol. The van der Waals surface area contributed by atoms with Crippen LogP contribution < -0.4 is 5.32 Å². The van der Waals surface area contributed by atoms with Gasteiger partial charge in [-0.3, -0.25) is 0 Å². The molecule has 1 rings (SSSR count). The van der Waals surface area contributed by atoms with Crippen LogP contribution in [0.15, 0.2) is 0 Å². The number of hydrogen-bond acceptors (Lipinski definition) is 1. The Morgan fingerprint density at radius 3 is 2.25 bits per heavy atom. The predicted octanol–water partition coefficient (Wildman–Crippen LogP) is 4.37. The first-order valence-corrected chi connectivity index (χ1v) is 7.35. The van der Waals surface area contributed by atoms with Crippen LogP contribution in [0.3, 0.4) is 0 Å². The third kappa shape index (κ3) is 3.76. The molecule has 0 bridgehead atoms. The molecule has 1 heteroatoms. The molecule has 0 aromatic heterocycles. The molecular weight excluding hydrogens is 194 g/mol. The molecule has 0 heterocycles. The fourth-order valence-corrected chi connectivity index (χ4v) is 3.14. The minimum atomic E-state index is 0.567. The van der Waals surface area contributed by atoms with Crippen LogP contribution in [0.2, 0.25) is 0 Å². The number of rotatable bonds is 6. The largest absolute Gasteiger partial charge is 0.314 e. The van der Waals surface area contributed by atoms with Gasteiger partial charge in [-0.15, -0.1) is 0 Å². The van der Waals surface area contributed by atoms with E-state index in [1.165, 1.54) is 44.9 Å². The summed E-state index contributed by atoms with van der Waals surface area (Å²) in [6, 6.07) is 0.743. The lowest BCUT2D eigenvalue weighted by Gasteiger charge is -2.42. The summed E-state index contributed by atoms with van der Waals surface area (Å²) in [5, 5.41) is 3.76. The average Bonchev–Trinajstić information content (AvgIpc) is 2.29. The highest BCUT2D eigenvalue weighted by Crippen LogP contribution is 2.40. The molecule has 2 unspecified atom stereocenters. The topological polar surface area (TPSA) is 12.0 Å². The summed E-state index contributed by atoms with van der Waals surface area (Å²) in [4.78, 5) is 0. The SMILES string of the molecule is CCNC(CC(C)CC)C1(C)CCCCC1. The van der Waals surface area contributed by atoms with Crippen molar-refractivity contribution in [3.63, 3.8) is 0 Å². The van der Waals surface area contributed by atoms with Crippen molar-refractivity contribution in [2.24, 2.45) is 11.3 Å². The summed E-state index contributed by atoms with van der Waals surface area (Å²) in [6.07, 6.45) is 9.89. The van der Waals surface area contributed by atoms with Gasteiger partial charge in [-0.25, -0.2) is 0 Å². The minimum Gasteiger partial charge on any atom is -0.314 e. The molecule has 0 spiro atoms. The molecule has 1 saturated carbocycles. The van der Waals surface area contributed by atoms with Gasteiger partial charge in [0.05, 0.1) is 0 Å². The fraction of sp³-hybridized carbons (Fsp3) is 1.00. The first-order chi connectivity index (χ1) is 7.62. The highest BCUT2D eigenvalue weighted by Gasteiger charge is 2.35. The summed E-state index contributed by atoms with van der Waals surface area (Å²) in [7, 11) is 0. The van der Waals surface area contributed by atoms with Gasteiger partial charge in [-0.05, 0) is 37.1 Å². The van der Waals surface area contributed by atoms with E-state index in [1.807, 2.05) is 0 Å². The summed E-state index contributed by atoms with van der Waals surface area (Å²) in [5.41, 5.74) is 0.567. The Kier molecular flexibility index (Phi) is 5.82. The van der Waals surface area contributed by atoms with Crippen molar-refractivity contribution in [3.8, 4) is 0 Å². The lowest BCUT2D eigenvalue weighted by atomic mass is 9.68. The van der Waals surface area contributed by atoms with Gasteiger partial charge in [0.25, 0.3) is 0 Å². The molecule has 0 saturated heterocycles. The zero-order valence-corrected chi connectivity index (χ0v) is 11.8. The van der Waals surface area contributed by atoms with Crippen molar-refractivity contribution in [1.82, 2.24) is 5.32 Å². The van der Waals surface area contributed by atoms with E-state index in [2.05, 4.69) is 33.0 Å². The minimum absolute atomic E-state index is 0.567. The zero-order valence-electron chi connectivity index (χ0n) is 11.8. The molecule has 96 valence electrons. The van der Waals surface area contributed by atoms with Crippen molar-refractivity contribution < 1.29 is 0 Å². The lowest BCUT2D eigenvalue weighted by molar-refractivity contribution is 0.127. The second kappa shape index (κ2) is 6.64. The van der Waals surface area contributed by atoms with Crippen LogP contribution >= 0.6 is 0 Å². The van der Waals surface area contributed by atoms with E-state index in [0.29, 0.717) is 5.41 Å². The highest BCUT2D eigenvalue weighted by atomic mass is 14.9. The van der Waals surface area contributed by atoms with Crippen molar-refractivity contribution in [1.29, 1.82) is 0 Å². The van der Waals surface area contributed by atoms with E-state index in [1.54, 1.807) is 0 Å². The Balaban J connectivity index is 2.59. The van der Waals surface area contributed by atoms with Gasteiger partial charge in [0, 0.05) is 6.04 Å². The molecule has 1 nitrogen and oxygen atoms in total.